The number of aromatic nitrogens is 3. The zero-order valence-corrected chi connectivity index (χ0v) is 14.7. The molecule has 138 valence electrons. The Morgan fingerprint density at radius 3 is 2.70 bits per heavy atom. The van der Waals surface area contributed by atoms with Crippen LogP contribution in [0.25, 0.3) is 11.4 Å². The first kappa shape index (κ1) is 18.2. The lowest BCUT2D eigenvalue weighted by Gasteiger charge is -2.06. The summed E-state index contributed by atoms with van der Waals surface area (Å²) in [5.41, 5.74) is 1.77. The molecule has 3 aromatic rings. The Bertz CT molecular complexity index is 907. The first-order chi connectivity index (χ1) is 13.2. The highest BCUT2D eigenvalue weighted by Gasteiger charge is 2.11. The van der Waals surface area contributed by atoms with Gasteiger partial charge in [0.2, 0.25) is 17.6 Å². The molecule has 0 spiro atoms. The number of benzene rings is 1. The largest absolute Gasteiger partial charge is 0.462 e. The lowest BCUT2D eigenvalue weighted by Crippen LogP contribution is -2.12. The van der Waals surface area contributed by atoms with Crippen LogP contribution in [0.2, 0.25) is 0 Å². The van der Waals surface area contributed by atoms with Gasteiger partial charge in [0.1, 0.15) is 0 Å². The Hall–Kier alpha value is -3.55. The van der Waals surface area contributed by atoms with Crippen molar-refractivity contribution >= 4 is 17.6 Å². The van der Waals surface area contributed by atoms with Crippen LogP contribution < -0.4 is 5.32 Å². The van der Waals surface area contributed by atoms with Gasteiger partial charge >= 0.3 is 5.97 Å². The predicted octanol–water partition coefficient (Wildman–Crippen LogP) is 2.88. The van der Waals surface area contributed by atoms with Crippen molar-refractivity contribution in [1.82, 2.24) is 15.1 Å². The molecule has 0 atom stereocenters. The van der Waals surface area contributed by atoms with E-state index in [1.54, 1.807) is 49.6 Å². The van der Waals surface area contributed by atoms with Crippen LogP contribution in [0, 0.1) is 0 Å². The summed E-state index contributed by atoms with van der Waals surface area (Å²) in [6.07, 6.45) is 3.81. The monoisotopic (exact) mass is 366 g/mol. The fraction of sp³-hybridized carbons (Fsp3) is 0.211. The molecule has 0 radical (unpaired) electrons. The number of nitrogens with one attached hydrogen (secondary N) is 1. The molecule has 0 saturated carbocycles. The maximum atomic E-state index is 12.1. The second-order valence-corrected chi connectivity index (χ2v) is 5.60. The predicted molar refractivity (Wildman–Crippen MR) is 96.9 cm³/mol. The van der Waals surface area contributed by atoms with E-state index in [1.165, 1.54) is 0 Å². The molecule has 0 fully saturated rings. The summed E-state index contributed by atoms with van der Waals surface area (Å²) in [5, 5.41) is 6.65. The second-order valence-electron chi connectivity index (χ2n) is 5.60. The summed E-state index contributed by atoms with van der Waals surface area (Å²) in [4.78, 5) is 31.9. The summed E-state index contributed by atoms with van der Waals surface area (Å²) < 4.78 is 10.1. The average Bonchev–Trinajstić information content (AvgIpc) is 3.17. The molecule has 2 aromatic heterocycles. The number of hydrogen-bond acceptors (Lipinski definition) is 7. The molecule has 0 unspecified atom stereocenters. The van der Waals surface area contributed by atoms with Gasteiger partial charge in [-0.15, -0.1) is 0 Å². The van der Waals surface area contributed by atoms with E-state index in [-0.39, 0.29) is 12.3 Å². The molecule has 1 amide bonds. The van der Waals surface area contributed by atoms with E-state index in [9.17, 15) is 9.59 Å². The van der Waals surface area contributed by atoms with E-state index < -0.39 is 5.97 Å². The summed E-state index contributed by atoms with van der Waals surface area (Å²) in [6, 6.07) is 10.1. The molecule has 0 saturated heterocycles. The van der Waals surface area contributed by atoms with E-state index in [4.69, 9.17) is 9.26 Å². The lowest BCUT2D eigenvalue weighted by molar-refractivity contribution is -0.116. The van der Waals surface area contributed by atoms with Gasteiger partial charge in [-0.1, -0.05) is 5.16 Å². The molecule has 0 aliphatic rings. The number of pyridine rings is 1. The quantitative estimate of drug-likeness (QED) is 0.641. The molecule has 1 N–H and O–H groups in total. The Morgan fingerprint density at radius 1 is 1.19 bits per heavy atom. The summed E-state index contributed by atoms with van der Waals surface area (Å²) in [5.74, 6) is 0.228. The van der Waals surface area contributed by atoms with Crippen molar-refractivity contribution < 1.29 is 18.8 Å². The third-order valence-electron chi connectivity index (χ3n) is 3.63. The molecular formula is C19H18N4O4. The normalized spacial score (nSPS) is 10.4. The fourth-order valence-corrected chi connectivity index (χ4v) is 2.32. The number of aryl methyl sites for hydroxylation is 1. The van der Waals surface area contributed by atoms with Crippen molar-refractivity contribution in [2.45, 2.75) is 19.8 Å². The molecule has 0 bridgehead atoms. The van der Waals surface area contributed by atoms with E-state index in [2.05, 4.69) is 20.4 Å². The molecule has 1 aromatic carbocycles. The number of nitrogens with zero attached hydrogens (tertiary/aromatic N) is 3. The van der Waals surface area contributed by atoms with Crippen LogP contribution in [0.3, 0.4) is 0 Å². The number of ether oxygens (including phenoxy) is 1. The van der Waals surface area contributed by atoms with Gasteiger partial charge in [-0.2, -0.15) is 4.98 Å². The Kier molecular flexibility index (Phi) is 5.88. The minimum atomic E-state index is -0.392. The summed E-state index contributed by atoms with van der Waals surface area (Å²) in [7, 11) is 0. The second kappa shape index (κ2) is 8.70. The van der Waals surface area contributed by atoms with Crippen molar-refractivity contribution in [3.05, 3.63) is 60.2 Å². The van der Waals surface area contributed by atoms with E-state index in [1.807, 2.05) is 6.07 Å². The van der Waals surface area contributed by atoms with E-state index >= 15 is 0 Å². The molecule has 0 aliphatic carbocycles. The maximum absolute atomic E-state index is 12.1. The first-order valence-electron chi connectivity index (χ1n) is 8.45. The van der Waals surface area contributed by atoms with Crippen molar-refractivity contribution in [1.29, 1.82) is 0 Å². The molecule has 8 nitrogen and oxygen atoms in total. The number of hydrogen-bond donors (Lipinski definition) is 1. The lowest BCUT2D eigenvalue weighted by atomic mass is 10.2. The fourth-order valence-electron chi connectivity index (χ4n) is 2.32. The Labute approximate surface area is 155 Å². The highest BCUT2D eigenvalue weighted by Crippen LogP contribution is 2.15. The van der Waals surface area contributed by atoms with E-state index in [0.29, 0.717) is 36.0 Å². The Balaban J connectivity index is 1.51. The zero-order valence-electron chi connectivity index (χ0n) is 14.7. The van der Waals surface area contributed by atoms with Crippen molar-refractivity contribution in [2.75, 3.05) is 11.9 Å². The minimum Gasteiger partial charge on any atom is -0.462 e. The van der Waals surface area contributed by atoms with Crippen LogP contribution in [0.4, 0.5) is 5.69 Å². The molecule has 0 aliphatic heterocycles. The van der Waals surface area contributed by atoms with Crippen LogP contribution in [0.1, 0.15) is 29.6 Å². The highest BCUT2D eigenvalue weighted by atomic mass is 16.5. The minimum absolute atomic E-state index is 0.189. The zero-order chi connectivity index (χ0) is 19.1. The summed E-state index contributed by atoms with van der Waals surface area (Å²) >= 11 is 0. The van der Waals surface area contributed by atoms with Crippen LogP contribution in [-0.4, -0.2) is 33.6 Å². The van der Waals surface area contributed by atoms with Gasteiger partial charge in [0.05, 0.1) is 12.2 Å². The maximum Gasteiger partial charge on any atom is 0.338 e. The molecular weight excluding hydrogens is 348 g/mol. The van der Waals surface area contributed by atoms with Gasteiger partial charge in [0, 0.05) is 36.5 Å². The third-order valence-corrected chi connectivity index (χ3v) is 3.63. The number of esters is 1. The third kappa shape index (κ3) is 4.97. The summed E-state index contributed by atoms with van der Waals surface area (Å²) in [6.45, 7) is 2.06. The van der Waals surface area contributed by atoms with Crippen LogP contribution >= 0.6 is 0 Å². The van der Waals surface area contributed by atoms with Crippen LogP contribution in [0.15, 0.2) is 53.3 Å². The number of rotatable bonds is 7. The SMILES string of the molecule is CCOC(=O)c1ccc(NC(=O)CCc2nc(-c3cccnc3)no2)cc1. The van der Waals surface area contributed by atoms with Gasteiger partial charge in [-0.3, -0.25) is 9.78 Å². The van der Waals surface area contributed by atoms with Gasteiger partial charge in [-0.25, -0.2) is 4.79 Å². The highest BCUT2D eigenvalue weighted by molar-refractivity contribution is 5.93. The van der Waals surface area contributed by atoms with Crippen molar-refractivity contribution in [3.63, 3.8) is 0 Å². The number of carbonyl (C=O) groups is 2. The smallest absolute Gasteiger partial charge is 0.338 e. The van der Waals surface area contributed by atoms with Crippen LogP contribution in [0.5, 0.6) is 0 Å². The number of amides is 1. The van der Waals surface area contributed by atoms with Gasteiger partial charge in [0.25, 0.3) is 0 Å². The molecule has 3 rings (SSSR count). The topological polar surface area (TPSA) is 107 Å². The molecule has 2 heterocycles. The van der Waals surface area contributed by atoms with Gasteiger partial charge in [-0.05, 0) is 43.3 Å². The molecule has 27 heavy (non-hydrogen) atoms. The number of carbonyl (C=O) groups excluding carboxylic acids is 2. The van der Waals surface area contributed by atoms with Crippen molar-refractivity contribution in [2.24, 2.45) is 0 Å². The van der Waals surface area contributed by atoms with E-state index in [0.717, 1.165) is 5.56 Å². The molecule has 8 heteroatoms. The van der Waals surface area contributed by atoms with Crippen molar-refractivity contribution in [3.8, 4) is 11.4 Å². The van der Waals surface area contributed by atoms with Gasteiger partial charge < -0.3 is 14.6 Å². The average molecular weight is 366 g/mol. The number of anilines is 1. The first-order valence-corrected chi connectivity index (χ1v) is 8.45. The van der Waals surface area contributed by atoms with Crippen LogP contribution in [-0.2, 0) is 16.0 Å². The van der Waals surface area contributed by atoms with Gasteiger partial charge in [0.15, 0.2) is 0 Å². The Morgan fingerprint density at radius 2 is 2.00 bits per heavy atom. The standard InChI is InChI=1S/C19H18N4O4/c1-2-26-19(25)13-5-7-15(8-6-13)21-16(24)9-10-17-22-18(23-27-17)14-4-3-11-20-12-14/h3-8,11-12H,2,9-10H2,1H3,(H,21,24).